The summed E-state index contributed by atoms with van der Waals surface area (Å²) in [6.45, 7) is 0.694. The average Bonchev–Trinajstić information content (AvgIpc) is 2.66. The lowest BCUT2D eigenvalue weighted by atomic mass is 10.1. The summed E-state index contributed by atoms with van der Waals surface area (Å²) in [5, 5.41) is 13.5. The van der Waals surface area contributed by atoms with E-state index in [9.17, 15) is 13.6 Å². The second-order valence-corrected chi connectivity index (χ2v) is 5.55. The van der Waals surface area contributed by atoms with Gasteiger partial charge in [0.25, 0.3) is 5.91 Å². The first-order valence-corrected chi connectivity index (χ1v) is 8.00. The van der Waals surface area contributed by atoms with E-state index in [2.05, 4.69) is 20.8 Å². The Hall–Kier alpha value is -3.35. The fraction of sp³-hybridized carbons (Fsp3) is 0.105. The number of anilines is 2. The first-order chi connectivity index (χ1) is 12.6. The lowest BCUT2D eigenvalue weighted by Crippen LogP contribution is -2.14. The van der Waals surface area contributed by atoms with E-state index in [0.29, 0.717) is 12.4 Å². The molecule has 0 bridgehead atoms. The van der Waals surface area contributed by atoms with Gasteiger partial charge in [-0.1, -0.05) is 30.3 Å². The van der Waals surface area contributed by atoms with Crippen molar-refractivity contribution in [1.29, 1.82) is 0 Å². The molecule has 132 valence electrons. The van der Waals surface area contributed by atoms with Gasteiger partial charge in [0.05, 0.1) is 0 Å². The number of rotatable bonds is 6. The first-order valence-electron chi connectivity index (χ1n) is 8.00. The van der Waals surface area contributed by atoms with Gasteiger partial charge in [-0.15, -0.1) is 10.2 Å². The lowest BCUT2D eigenvalue weighted by molar-refractivity contribution is 0.102. The van der Waals surface area contributed by atoms with Crippen LogP contribution >= 0.6 is 0 Å². The molecule has 2 N–H and O–H groups in total. The molecule has 0 unspecified atom stereocenters. The van der Waals surface area contributed by atoms with E-state index in [1.54, 1.807) is 12.1 Å². The van der Waals surface area contributed by atoms with Crippen molar-refractivity contribution in [2.45, 2.75) is 6.42 Å². The van der Waals surface area contributed by atoms with Crippen LogP contribution in [-0.2, 0) is 6.42 Å². The number of aromatic nitrogens is 2. The molecule has 0 aliphatic carbocycles. The molecule has 0 aliphatic rings. The molecule has 0 radical (unpaired) electrons. The van der Waals surface area contributed by atoms with E-state index in [1.807, 2.05) is 30.3 Å². The Kier molecular flexibility index (Phi) is 5.48. The molecular formula is C19H16F2N4O. The van der Waals surface area contributed by atoms with Gasteiger partial charge in [0.2, 0.25) is 0 Å². The van der Waals surface area contributed by atoms with Gasteiger partial charge in [0.1, 0.15) is 5.82 Å². The molecular weight excluding hydrogens is 338 g/mol. The molecule has 0 aliphatic heterocycles. The summed E-state index contributed by atoms with van der Waals surface area (Å²) >= 11 is 0. The van der Waals surface area contributed by atoms with Crippen LogP contribution in [0.4, 0.5) is 20.4 Å². The Morgan fingerprint density at radius 3 is 2.31 bits per heavy atom. The zero-order valence-electron chi connectivity index (χ0n) is 13.7. The molecule has 1 aromatic heterocycles. The molecule has 0 atom stereocenters. The van der Waals surface area contributed by atoms with Gasteiger partial charge in [-0.2, -0.15) is 0 Å². The topological polar surface area (TPSA) is 66.9 Å². The molecule has 3 aromatic rings. The second-order valence-electron chi connectivity index (χ2n) is 5.55. The van der Waals surface area contributed by atoms with Crippen LogP contribution in [0.5, 0.6) is 0 Å². The van der Waals surface area contributed by atoms with Crippen LogP contribution in [0.2, 0.25) is 0 Å². The standard InChI is InChI=1S/C19H16F2N4O/c20-15-7-6-14(12-16(15)21)19(26)23-18-9-8-17(24-25-18)22-11-10-13-4-2-1-3-5-13/h1-9,12H,10-11H2,(H,22,24)(H,23,25,26). The Labute approximate surface area is 149 Å². The van der Waals surface area contributed by atoms with Gasteiger partial charge in [-0.25, -0.2) is 8.78 Å². The third kappa shape index (κ3) is 4.60. The van der Waals surface area contributed by atoms with Gasteiger partial charge in [0, 0.05) is 12.1 Å². The summed E-state index contributed by atoms with van der Waals surface area (Å²) in [7, 11) is 0. The summed E-state index contributed by atoms with van der Waals surface area (Å²) in [4.78, 5) is 12.0. The highest BCUT2D eigenvalue weighted by Gasteiger charge is 2.10. The summed E-state index contributed by atoms with van der Waals surface area (Å²) in [5.74, 6) is -1.89. The number of carbonyl (C=O) groups excluding carboxylic acids is 1. The summed E-state index contributed by atoms with van der Waals surface area (Å²) in [5.41, 5.74) is 1.21. The van der Waals surface area contributed by atoms with Gasteiger partial charge in [-0.3, -0.25) is 4.79 Å². The van der Waals surface area contributed by atoms with E-state index in [1.165, 1.54) is 11.6 Å². The van der Waals surface area contributed by atoms with Crippen LogP contribution in [0.3, 0.4) is 0 Å². The highest BCUT2D eigenvalue weighted by Crippen LogP contribution is 2.12. The van der Waals surface area contributed by atoms with Crippen molar-refractivity contribution in [1.82, 2.24) is 10.2 Å². The summed E-state index contributed by atoms with van der Waals surface area (Å²) in [6.07, 6.45) is 0.844. The average molecular weight is 354 g/mol. The van der Waals surface area contributed by atoms with E-state index in [4.69, 9.17) is 0 Å². The van der Waals surface area contributed by atoms with Crippen molar-refractivity contribution >= 4 is 17.5 Å². The molecule has 0 fully saturated rings. The highest BCUT2D eigenvalue weighted by atomic mass is 19.2. The van der Waals surface area contributed by atoms with Gasteiger partial charge in [0.15, 0.2) is 17.5 Å². The van der Waals surface area contributed by atoms with Crippen molar-refractivity contribution in [3.05, 3.63) is 83.4 Å². The molecule has 1 heterocycles. The Balaban J connectivity index is 1.53. The molecule has 2 aromatic carbocycles. The Bertz CT molecular complexity index is 886. The number of benzene rings is 2. The third-order valence-electron chi connectivity index (χ3n) is 3.65. The maximum atomic E-state index is 13.2. The second kappa shape index (κ2) is 8.15. The number of amides is 1. The fourth-order valence-corrected chi connectivity index (χ4v) is 2.30. The van der Waals surface area contributed by atoms with Gasteiger partial charge < -0.3 is 10.6 Å². The van der Waals surface area contributed by atoms with Crippen molar-refractivity contribution in [2.24, 2.45) is 0 Å². The molecule has 3 rings (SSSR count). The van der Waals surface area contributed by atoms with Gasteiger partial charge in [-0.05, 0) is 42.3 Å². The number of nitrogens with one attached hydrogen (secondary N) is 2. The maximum absolute atomic E-state index is 13.2. The van der Waals surface area contributed by atoms with E-state index < -0.39 is 17.5 Å². The predicted molar refractivity (Wildman–Crippen MR) is 95.0 cm³/mol. The van der Waals surface area contributed by atoms with Crippen LogP contribution in [0, 0.1) is 11.6 Å². The zero-order valence-corrected chi connectivity index (χ0v) is 13.7. The monoisotopic (exact) mass is 354 g/mol. The number of halogens is 2. The zero-order chi connectivity index (χ0) is 18.4. The maximum Gasteiger partial charge on any atom is 0.256 e. The van der Waals surface area contributed by atoms with Crippen LogP contribution in [0.25, 0.3) is 0 Å². The van der Waals surface area contributed by atoms with Crippen molar-refractivity contribution in [3.8, 4) is 0 Å². The number of nitrogens with zero attached hydrogens (tertiary/aromatic N) is 2. The molecule has 0 spiro atoms. The van der Waals surface area contributed by atoms with Crippen molar-refractivity contribution in [2.75, 3.05) is 17.2 Å². The van der Waals surface area contributed by atoms with E-state index in [0.717, 1.165) is 18.6 Å². The number of hydrogen-bond donors (Lipinski definition) is 2. The SMILES string of the molecule is O=C(Nc1ccc(NCCc2ccccc2)nn1)c1ccc(F)c(F)c1. The smallest absolute Gasteiger partial charge is 0.256 e. The molecule has 0 saturated heterocycles. The van der Waals surface area contributed by atoms with E-state index >= 15 is 0 Å². The van der Waals surface area contributed by atoms with Crippen molar-refractivity contribution < 1.29 is 13.6 Å². The summed E-state index contributed by atoms with van der Waals surface area (Å²) in [6, 6.07) is 16.2. The minimum absolute atomic E-state index is 0.00392. The fourth-order valence-electron chi connectivity index (χ4n) is 2.30. The quantitative estimate of drug-likeness (QED) is 0.709. The minimum atomic E-state index is -1.08. The number of hydrogen-bond acceptors (Lipinski definition) is 4. The van der Waals surface area contributed by atoms with Crippen LogP contribution in [-0.4, -0.2) is 22.6 Å². The Morgan fingerprint density at radius 2 is 1.62 bits per heavy atom. The predicted octanol–water partition coefficient (Wildman–Crippen LogP) is 3.66. The minimum Gasteiger partial charge on any atom is -0.368 e. The summed E-state index contributed by atoms with van der Waals surface area (Å²) < 4.78 is 26.1. The highest BCUT2D eigenvalue weighted by molar-refractivity contribution is 6.03. The normalized spacial score (nSPS) is 10.4. The lowest BCUT2D eigenvalue weighted by Gasteiger charge is -2.07. The number of carbonyl (C=O) groups is 1. The molecule has 7 heteroatoms. The van der Waals surface area contributed by atoms with Crippen molar-refractivity contribution in [3.63, 3.8) is 0 Å². The largest absolute Gasteiger partial charge is 0.368 e. The first kappa shape index (κ1) is 17.5. The molecule has 0 saturated carbocycles. The Morgan fingerprint density at radius 1 is 0.885 bits per heavy atom. The van der Waals surface area contributed by atoms with Crippen LogP contribution in [0.15, 0.2) is 60.7 Å². The van der Waals surface area contributed by atoms with Gasteiger partial charge >= 0.3 is 0 Å². The molecule has 1 amide bonds. The molecule has 26 heavy (non-hydrogen) atoms. The van der Waals surface area contributed by atoms with Crippen LogP contribution in [0.1, 0.15) is 15.9 Å². The molecule has 5 nitrogen and oxygen atoms in total. The van der Waals surface area contributed by atoms with E-state index in [-0.39, 0.29) is 11.4 Å². The third-order valence-corrected chi connectivity index (χ3v) is 3.65. The van der Waals surface area contributed by atoms with Crippen LogP contribution < -0.4 is 10.6 Å².